The Bertz CT molecular complexity index is 847. The van der Waals surface area contributed by atoms with Crippen LogP contribution >= 0.6 is 0 Å². The van der Waals surface area contributed by atoms with Crippen molar-refractivity contribution >= 4 is 17.4 Å². The highest BCUT2D eigenvalue weighted by atomic mass is 19.1. The van der Waals surface area contributed by atoms with Gasteiger partial charge < -0.3 is 9.80 Å². The van der Waals surface area contributed by atoms with Crippen LogP contribution in [0.25, 0.3) is 0 Å². The summed E-state index contributed by atoms with van der Waals surface area (Å²) < 4.78 is 13.5. The van der Waals surface area contributed by atoms with Gasteiger partial charge in [-0.15, -0.1) is 0 Å². The number of anilines is 2. The number of rotatable bonds is 10. The fourth-order valence-electron chi connectivity index (χ4n) is 3.93. The molecule has 2 aromatic rings. The van der Waals surface area contributed by atoms with Crippen molar-refractivity contribution in [1.82, 2.24) is 9.88 Å². The second-order valence-corrected chi connectivity index (χ2v) is 9.05. The van der Waals surface area contributed by atoms with Crippen LogP contribution in [-0.2, 0) is 11.3 Å². The summed E-state index contributed by atoms with van der Waals surface area (Å²) in [6.45, 7) is 7.73. The third kappa shape index (κ3) is 6.03. The zero-order valence-corrected chi connectivity index (χ0v) is 19.4. The van der Waals surface area contributed by atoms with Gasteiger partial charge in [0.05, 0.1) is 12.6 Å². The normalized spacial score (nSPS) is 14.7. The molecule has 1 aromatic heterocycles. The van der Waals surface area contributed by atoms with Crippen LogP contribution in [0.15, 0.2) is 42.6 Å². The molecular weight excluding hydrogens is 391 g/mol. The molecule has 1 saturated carbocycles. The number of hydrogen-bond donors (Lipinski definition) is 0. The molecule has 1 aliphatic carbocycles. The molecule has 168 valence electrons. The summed E-state index contributed by atoms with van der Waals surface area (Å²) in [5.74, 6) is 1.07. The van der Waals surface area contributed by atoms with Crippen molar-refractivity contribution in [2.75, 3.05) is 30.4 Å². The highest BCUT2D eigenvalue weighted by molar-refractivity contribution is 5.97. The quantitative estimate of drug-likeness (QED) is 0.551. The third-order valence-corrected chi connectivity index (χ3v) is 5.78. The van der Waals surface area contributed by atoms with Crippen LogP contribution in [0.5, 0.6) is 0 Å². The van der Waals surface area contributed by atoms with Crippen LogP contribution in [0, 0.1) is 11.7 Å². The Balaban J connectivity index is 1.85. The summed E-state index contributed by atoms with van der Waals surface area (Å²) in [6.07, 6.45) is 5.07. The van der Waals surface area contributed by atoms with E-state index in [-0.39, 0.29) is 17.8 Å². The molecule has 0 spiro atoms. The van der Waals surface area contributed by atoms with E-state index in [1.54, 1.807) is 17.0 Å². The predicted molar refractivity (Wildman–Crippen MR) is 125 cm³/mol. The van der Waals surface area contributed by atoms with E-state index < -0.39 is 0 Å². The van der Waals surface area contributed by atoms with Gasteiger partial charge in [-0.05, 0) is 82.1 Å². The molecule has 1 heterocycles. The zero-order valence-electron chi connectivity index (χ0n) is 19.4. The Labute approximate surface area is 185 Å². The van der Waals surface area contributed by atoms with Crippen molar-refractivity contribution in [1.29, 1.82) is 0 Å². The molecule has 0 unspecified atom stereocenters. The monoisotopic (exact) mass is 426 g/mol. The van der Waals surface area contributed by atoms with E-state index in [1.165, 1.54) is 25.0 Å². The van der Waals surface area contributed by atoms with Gasteiger partial charge in [0.2, 0.25) is 5.91 Å². The Hall–Kier alpha value is -2.47. The largest absolute Gasteiger partial charge is 0.354 e. The van der Waals surface area contributed by atoms with E-state index in [1.807, 2.05) is 37.3 Å². The number of halogens is 1. The molecule has 1 atom stereocenters. The molecule has 31 heavy (non-hydrogen) atoms. The lowest BCUT2D eigenvalue weighted by Crippen LogP contribution is -2.46. The van der Waals surface area contributed by atoms with Crippen LogP contribution < -0.4 is 9.80 Å². The number of aromatic nitrogens is 1. The first kappa shape index (κ1) is 23.2. The van der Waals surface area contributed by atoms with Crippen LogP contribution in [0.3, 0.4) is 0 Å². The Kier molecular flexibility index (Phi) is 7.65. The van der Waals surface area contributed by atoms with Gasteiger partial charge in [0.1, 0.15) is 11.6 Å². The summed E-state index contributed by atoms with van der Waals surface area (Å²) in [5.41, 5.74) is 1.65. The van der Waals surface area contributed by atoms with Crippen molar-refractivity contribution in [2.45, 2.75) is 58.7 Å². The van der Waals surface area contributed by atoms with Gasteiger partial charge in [-0.1, -0.05) is 19.9 Å². The maximum atomic E-state index is 13.6. The first-order valence-corrected chi connectivity index (χ1v) is 11.2. The average molecular weight is 427 g/mol. The van der Waals surface area contributed by atoms with E-state index >= 15 is 0 Å². The van der Waals surface area contributed by atoms with Crippen molar-refractivity contribution < 1.29 is 9.18 Å². The number of pyridine rings is 1. The molecule has 0 saturated heterocycles. The number of carbonyl (C=O) groups excluding carboxylic acids is 1. The molecule has 5 nitrogen and oxygen atoms in total. The van der Waals surface area contributed by atoms with Gasteiger partial charge in [-0.3, -0.25) is 9.69 Å². The van der Waals surface area contributed by atoms with Crippen molar-refractivity contribution in [2.24, 2.45) is 5.92 Å². The summed E-state index contributed by atoms with van der Waals surface area (Å²) in [5, 5.41) is 0. The molecule has 0 aliphatic heterocycles. The molecular formula is C25H35FN4O. The highest BCUT2D eigenvalue weighted by Gasteiger charge is 2.30. The second-order valence-electron chi connectivity index (χ2n) is 9.05. The fourth-order valence-corrected chi connectivity index (χ4v) is 3.93. The molecule has 0 radical (unpaired) electrons. The second kappa shape index (κ2) is 10.2. The lowest BCUT2D eigenvalue weighted by Gasteiger charge is -2.32. The zero-order chi connectivity index (χ0) is 22.5. The molecule has 0 N–H and O–H groups in total. The molecule has 1 aromatic carbocycles. The maximum Gasteiger partial charge on any atom is 0.244 e. The standard InChI is InChI=1S/C25H35FN4O/c1-6-29(21-12-13-21)24-14-7-19(16-27-24)17-30(22-10-8-20(26)9-11-22)25(31)23(28(4)5)15-18(2)3/h7-11,14,16,18,21,23H,6,12-13,15,17H2,1-5H3/t23-/m0/s1. The minimum absolute atomic E-state index is 0.0162. The Morgan fingerprint density at radius 1 is 1.13 bits per heavy atom. The van der Waals surface area contributed by atoms with E-state index in [2.05, 4.69) is 30.7 Å². The molecule has 1 fully saturated rings. The predicted octanol–water partition coefficient (Wildman–Crippen LogP) is 4.72. The van der Waals surface area contributed by atoms with Crippen LogP contribution in [-0.4, -0.2) is 48.5 Å². The van der Waals surface area contributed by atoms with Gasteiger partial charge in [0.15, 0.2) is 0 Å². The van der Waals surface area contributed by atoms with Gasteiger partial charge in [0.25, 0.3) is 0 Å². The molecule has 6 heteroatoms. The molecule has 1 aliphatic rings. The highest BCUT2D eigenvalue weighted by Crippen LogP contribution is 2.30. The molecule has 3 rings (SSSR count). The Morgan fingerprint density at radius 3 is 2.29 bits per heavy atom. The number of amides is 1. The summed E-state index contributed by atoms with van der Waals surface area (Å²) in [7, 11) is 3.86. The van der Waals surface area contributed by atoms with Gasteiger partial charge >= 0.3 is 0 Å². The summed E-state index contributed by atoms with van der Waals surface area (Å²) in [6, 6.07) is 10.6. The lowest BCUT2D eigenvalue weighted by atomic mass is 10.0. The fraction of sp³-hybridized carbons (Fsp3) is 0.520. The number of benzene rings is 1. The van der Waals surface area contributed by atoms with Gasteiger partial charge in [0, 0.05) is 24.5 Å². The SMILES string of the molecule is CCN(c1ccc(CN(C(=O)[C@H](CC(C)C)N(C)C)c2ccc(F)cc2)cn1)C1CC1. The van der Waals surface area contributed by atoms with Crippen LogP contribution in [0.1, 0.15) is 45.6 Å². The van der Waals surface area contributed by atoms with Crippen molar-refractivity contribution in [3.63, 3.8) is 0 Å². The van der Waals surface area contributed by atoms with Crippen LogP contribution in [0.4, 0.5) is 15.9 Å². The minimum Gasteiger partial charge on any atom is -0.354 e. The minimum atomic E-state index is -0.312. The number of nitrogens with zero attached hydrogens (tertiary/aromatic N) is 4. The number of hydrogen-bond acceptors (Lipinski definition) is 4. The first-order valence-electron chi connectivity index (χ1n) is 11.2. The summed E-state index contributed by atoms with van der Waals surface area (Å²) >= 11 is 0. The van der Waals surface area contributed by atoms with Gasteiger partial charge in [-0.25, -0.2) is 9.37 Å². The topological polar surface area (TPSA) is 39.7 Å². The van der Waals surface area contributed by atoms with Crippen LogP contribution in [0.2, 0.25) is 0 Å². The van der Waals surface area contributed by atoms with E-state index in [0.717, 1.165) is 24.3 Å². The first-order chi connectivity index (χ1) is 14.8. The Morgan fingerprint density at radius 2 is 1.81 bits per heavy atom. The molecule has 0 bridgehead atoms. The van der Waals surface area contributed by atoms with Crippen molar-refractivity contribution in [3.8, 4) is 0 Å². The summed E-state index contributed by atoms with van der Waals surface area (Å²) in [4.78, 5) is 24.3. The van der Waals surface area contributed by atoms with Crippen molar-refractivity contribution in [3.05, 3.63) is 54.0 Å². The van der Waals surface area contributed by atoms with E-state index in [0.29, 0.717) is 24.2 Å². The number of carbonyl (C=O) groups is 1. The van der Waals surface area contributed by atoms with E-state index in [9.17, 15) is 9.18 Å². The lowest BCUT2D eigenvalue weighted by molar-refractivity contribution is -0.123. The molecule has 1 amide bonds. The maximum absolute atomic E-state index is 13.6. The average Bonchev–Trinajstić information content (AvgIpc) is 3.57. The third-order valence-electron chi connectivity index (χ3n) is 5.78. The van der Waals surface area contributed by atoms with Gasteiger partial charge in [-0.2, -0.15) is 0 Å². The number of likely N-dealkylation sites (N-methyl/N-ethyl adjacent to an activating group) is 1. The van der Waals surface area contributed by atoms with E-state index in [4.69, 9.17) is 0 Å². The smallest absolute Gasteiger partial charge is 0.244 e.